The minimum atomic E-state index is -0.205. The molecule has 1 aromatic carbocycles. The maximum atomic E-state index is 12.8. The van der Waals surface area contributed by atoms with E-state index in [0.717, 1.165) is 5.56 Å². The van der Waals surface area contributed by atoms with E-state index in [1.807, 2.05) is 30.5 Å². The molecule has 0 aliphatic carbocycles. The normalized spacial score (nSPS) is 11.5. The molecule has 0 unspecified atom stereocenters. The molecule has 25 heavy (non-hydrogen) atoms. The van der Waals surface area contributed by atoms with Gasteiger partial charge < -0.3 is 4.74 Å². The maximum absolute atomic E-state index is 12.8. The topological polar surface area (TPSA) is 57.0 Å². The van der Waals surface area contributed by atoms with Gasteiger partial charge in [0.1, 0.15) is 0 Å². The molecule has 3 aromatic rings. The fourth-order valence-electron chi connectivity index (χ4n) is 2.44. The summed E-state index contributed by atoms with van der Waals surface area (Å²) in [4.78, 5) is 17.8. The number of nitrogens with zero attached hydrogens (tertiary/aromatic N) is 3. The van der Waals surface area contributed by atoms with Gasteiger partial charge in [-0.25, -0.2) is 0 Å². The van der Waals surface area contributed by atoms with E-state index < -0.39 is 0 Å². The summed E-state index contributed by atoms with van der Waals surface area (Å²) in [5.74, 6) is 0.283. The molecule has 2 aromatic heterocycles. The first-order valence-corrected chi connectivity index (χ1v) is 9.07. The third-order valence-corrected chi connectivity index (χ3v) is 4.65. The standard InChI is InChI=1S/C19H21N3O2S/c1-5-24-18-20-16(13-8-10-14(11-9-13)19(2,3)4)22(21-18)17(23)15-7-6-12-25-15/h6-12H,5H2,1-4H3. The number of rotatable bonds is 4. The van der Waals surface area contributed by atoms with Crippen LogP contribution < -0.4 is 4.74 Å². The van der Waals surface area contributed by atoms with Crippen LogP contribution in [0.2, 0.25) is 0 Å². The van der Waals surface area contributed by atoms with E-state index >= 15 is 0 Å². The molecule has 0 aliphatic heterocycles. The van der Waals surface area contributed by atoms with Crippen molar-refractivity contribution in [1.29, 1.82) is 0 Å². The van der Waals surface area contributed by atoms with Crippen molar-refractivity contribution in [3.8, 4) is 17.4 Å². The van der Waals surface area contributed by atoms with Crippen LogP contribution >= 0.6 is 11.3 Å². The van der Waals surface area contributed by atoms with E-state index in [-0.39, 0.29) is 17.3 Å². The summed E-state index contributed by atoms with van der Waals surface area (Å²) < 4.78 is 6.72. The predicted molar refractivity (Wildman–Crippen MR) is 99.4 cm³/mol. The van der Waals surface area contributed by atoms with E-state index in [1.54, 1.807) is 6.07 Å². The van der Waals surface area contributed by atoms with Crippen molar-refractivity contribution in [1.82, 2.24) is 14.8 Å². The SMILES string of the molecule is CCOc1nc(-c2ccc(C(C)(C)C)cc2)n(C(=O)c2cccs2)n1. The van der Waals surface area contributed by atoms with Crippen molar-refractivity contribution in [2.45, 2.75) is 33.1 Å². The van der Waals surface area contributed by atoms with Crippen LogP contribution in [0.1, 0.15) is 42.9 Å². The molecule has 0 aliphatic rings. The molecule has 2 heterocycles. The van der Waals surface area contributed by atoms with Gasteiger partial charge >= 0.3 is 6.01 Å². The number of ether oxygens (including phenoxy) is 1. The minimum Gasteiger partial charge on any atom is -0.463 e. The summed E-state index contributed by atoms with van der Waals surface area (Å²) >= 11 is 1.38. The molecule has 0 N–H and O–H groups in total. The number of carbonyl (C=O) groups is 1. The molecule has 0 radical (unpaired) electrons. The Bertz CT molecular complexity index is 859. The average Bonchev–Trinajstić information content (AvgIpc) is 3.24. The highest BCUT2D eigenvalue weighted by molar-refractivity contribution is 7.12. The Morgan fingerprint density at radius 3 is 2.48 bits per heavy atom. The lowest BCUT2D eigenvalue weighted by Crippen LogP contribution is -2.14. The van der Waals surface area contributed by atoms with Gasteiger partial charge in [-0.05, 0) is 29.3 Å². The molecule has 0 atom stereocenters. The van der Waals surface area contributed by atoms with Crippen LogP contribution in [0.3, 0.4) is 0 Å². The summed E-state index contributed by atoms with van der Waals surface area (Å²) in [6.07, 6.45) is 0. The van der Waals surface area contributed by atoms with Crippen molar-refractivity contribution >= 4 is 17.2 Å². The van der Waals surface area contributed by atoms with Crippen LogP contribution in [0.25, 0.3) is 11.4 Å². The minimum absolute atomic E-state index is 0.0650. The van der Waals surface area contributed by atoms with Gasteiger partial charge in [-0.1, -0.05) is 51.1 Å². The summed E-state index contributed by atoms with van der Waals surface area (Å²) in [6, 6.07) is 11.9. The van der Waals surface area contributed by atoms with Crippen molar-refractivity contribution < 1.29 is 9.53 Å². The molecular formula is C19H21N3O2S. The van der Waals surface area contributed by atoms with E-state index in [2.05, 4.69) is 43.0 Å². The first kappa shape index (κ1) is 17.4. The molecule has 0 spiro atoms. The first-order valence-electron chi connectivity index (χ1n) is 8.19. The van der Waals surface area contributed by atoms with Gasteiger partial charge in [-0.15, -0.1) is 16.4 Å². The van der Waals surface area contributed by atoms with Crippen molar-refractivity contribution in [3.63, 3.8) is 0 Å². The second kappa shape index (κ2) is 6.80. The predicted octanol–water partition coefficient (Wildman–Crippen LogP) is 4.39. The fraction of sp³-hybridized carbons (Fsp3) is 0.316. The highest BCUT2D eigenvalue weighted by Crippen LogP contribution is 2.27. The Labute approximate surface area is 151 Å². The first-order chi connectivity index (χ1) is 11.9. The van der Waals surface area contributed by atoms with Gasteiger partial charge in [-0.2, -0.15) is 9.67 Å². The van der Waals surface area contributed by atoms with E-state index in [4.69, 9.17) is 4.74 Å². The Hall–Kier alpha value is -2.47. The Morgan fingerprint density at radius 2 is 1.92 bits per heavy atom. The summed E-state index contributed by atoms with van der Waals surface area (Å²) in [7, 11) is 0. The Morgan fingerprint density at radius 1 is 1.20 bits per heavy atom. The van der Waals surface area contributed by atoms with Crippen molar-refractivity contribution in [3.05, 3.63) is 52.2 Å². The molecule has 0 fully saturated rings. The van der Waals surface area contributed by atoms with Crippen LogP contribution in [-0.4, -0.2) is 27.3 Å². The fourth-order valence-corrected chi connectivity index (χ4v) is 3.08. The molecule has 0 saturated heterocycles. The van der Waals surface area contributed by atoms with E-state index in [9.17, 15) is 4.79 Å². The third-order valence-electron chi connectivity index (χ3n) is 3.79. The molecule has 130 valence electrons. The Balaban J connectivity index is 2.04. The smallest absolute Gasteiger partial charge is 0.336 e. The quantitative estimate of drug-likeness (QED) is 0.696. The maximum Gasteiger partial charge on any atom is 0.336 e. The molecule has 0 amide bonds. The van der Waals surface area contributed by atoms with Crippen LogP contribution in [0.5, 0.6) is 6.01 Å². The molecule has 6 heteroatoms. The Kier molecular flexibility index (Phi) is 4.72. The summed E-state index contributed by atoms with van der Waals surface area (Å²) in [5.41, 5.74) is 2.11. The zero-order chi connectivity index (χ0) is 18.0. The van der Waals surface area contributed by atoms with Gasteiger partial charge in [0.25, 0.3) is 5.91 Å². The second-order valence-electron chi connectivity index (χ2n) is 6.67. The number of thiophene rings is 1. The zero-order valence-corrected chi connectivity index (χ0v) is 15.6. The van der Waals surface area contributed by atoms with Crippen molar-refractivity contribution in [2.75, 3.05) is 6.61 Å². The van der Waals surface area contributed by atoms with Crippen LogP contribution in [0, 0.1) is 0 Å². The molecule has 5 nitrogen and oxygen atoms in total. The molecular weight excluding hydrogens is 334 g/mol. The van der Waals surface area contributed by atoms with Crippen molar-refractivity contribution in [2.24, 2.45) is 0 Å². The lowest BCUT2D eigenvalue weighted by molar-refractivity contribution is 0.0949. The van der Waals surface area contributed by atoms with Gasteiger partial charge in [0.15, 0.2) is 5.82 Å². The number of hydrogen-bond acceptors (Lipinski definition) is 5. The molecule has 3 rings (SSSR count). The third kappa shape index (κ3) is 3.64. The highest BCUT2D eigenvalue weighted by Gasteiger charge is 2.21. The second-order valence-corrected chi connectivity index (χ2v) is 7.62. The van der Waals surface area contributed by atoms with E-state index in [0.29, 0.717) is 17.3 Å². The van der Waals surface area contributed by atoms with Crippen LogP contribution in [0.15, 0.2) is 41.8 Å². The largest absolute Gasteiger partial charge is 0.463 e. The lowest BCUT2D eigenvalue weighted by Gasteiger charge is -2.19. The molecule has 0 saturated carbocycles. The van der Waals surface area contributed by atoms with E-state index in [1.165, 1.54) is 21.6 Å². The monoisotopic (exact) mass is 355 g/mol. The molecule has 0 bridgehead atoms. The summed E-state index contributed by atoms with van der Waals surface area (Å²) in [5, 5.41) is 6.11. The number of aromatic nitrogens is 3. The van der Waals surface area contributed by atoms with Gasteiger partial charge in [0.05, 0.1) is 11.5 Å². The average molecular weight is 355 g/mol. The van der Waals surface area contributed by atoms with Crippen LogP contribution in [-0.2, 0) is 5.41 Å². The van der Waals surface area contributed by atoms with Gasteiger partial charge in [-0.3, -0.25) is 4.79 Å². The summed E-state index contributed by atoms with van der Waals surface area (Å²) in [6.45, 7) is 8.80. The lowest BCUT2D eigenvalue weighted by atomic mass is 9.87. The highest BCUT2D eigenvalue weighted by atomic mass is 32.1. The zero-order valence-electron chi connectivity index (χ0n) is 14.8. The number of hydrogen-bond donors (Lipinski definition) is 0. The van der Waals surface area contributed by atoms with Gasteiger partial charge in [0.2, 0.25) is 0 Å². The van der Waals surface area contributed by atoms with Gasteiger partial charge in [0, 0.05) is 5.56 Å². The number of benzene rings is 1. The number of carbonyl (C=O) groups excluding carboxylic acids is 1. The van der Waals surface area contributed by atoms with Crippen LogP contribution in [0.4, 0.5) is 0 Å².